The molecule has 0 saturated heterocycles. The minimum absolute atomic E-state index is 0.865. The van der Waals surface area contributed by atoms with Crippen molar-refractivity contribution in [3.63, 3.8) is 0 Å². The van der Waals surface area contributed by atoms with E-state index in [1.54, 1.807) is 0 Å². The minimum atomic E-state index is 0.865. The standard InChI is InChI=1S/C58H38N2O/c1-2-12-42-36-46(24-23-39(42)11-1)44-14-9-13-43(35-44)40-25-29-47(30-26-40)59(50-33-34-54-53-19-5-8-22-57(53)61-58(54)38-50)48-31-27-41(28-32-48)45-15-10-16-49(37-45)60-55-20-6-3-17-51(55)52-18-4-7-21-56(52)60/h1-38H. The number of furan rings is 1. The summed E-state index contributed by atoms with van der Waals surface area (Å²) in [5, 5.41) is 7.25. The zero-order valence-corrected chi connectivity index (χ0v) is 33.2. The third-order valence-electron chi connectivity index (χ3n) is 12.2. The maximum Gasteiger partial charge on any atom is 0.137 e. The highest BCUT2D eigenvalue weighted by Crippen LogP contribution is 2.41. The highest BCUT2D eigenvalue weighted by molar-refractivity contribution is 6.09. The molecule has 0 bridgehead atoms. The van der Waals surface area contributed by atoms with Gasteiger partial charge in [0.15, 0.2) is 0 Å². The molecule has 2 heterocycles. The fraction of sp³-hybridized carbons (Fsp3) is 0. The minimum Gasteiger partial charge on any atom is -0.456 e. The third kappa shape index (κ3) is 6.06. The van der Waals surface area contributed by atoms with Crippen molar-refractivity contribution in [2.24, 2.45) is 0 Å². The van der Waals surface area contributed by atoms with Gasteiger partial charge in [0.1, 0.15) is 11.2 Å². The summed E-state index contributed by atoms with van der Waals surface area (Å²) in [5.41, 5.74) is 15.5. The van der Waals surface area contributed by atoms with Crippen LogP contribution < -0.4 is 4.90 Å². The van der Waals surface area contributed by atoms with Crippen molar-refractivity contribution in [3.8, 4) is 39.1 Å². The average Bonchev–Trinajstić information content (AvgIpc) is 3.88. The maximum absolute atomic E-state index is 6.41. The van der Waals surface area contributed by atoms with E-state index in [2.05, 4.69) is 228 Å². The van der Waals surface area contributed by atoms with Gasteiger partial charge >= 0.3 is 0 Å². The normalized spacial score (nSPS) is 11.6. The van der Waals surface area contributed by atoms with E-state index in [-0.39, 0.29) is 0 Å². The van der Waals surface area contributed by atoms with Crippen molar-refractivity contribution >= 4 is 71.6 Å². The summed E-state index contributed by atoms with van der Waals surface area (Å²) in [6.45, 7) is 0. The van der Waals surface area contributed by atoms with Crippen molar-refractivity contribution in [3.05, 3.63) is 231 Å². The van der Waals surface area contributed by atoms with Gasteiger partial charge < -0.3 is 13.9 Å². The second-order valence-electron chi connectivity index (χ2n) is 15.8. The van der Waals surface area contributed by atoms with Gasteiger partial charge in [0.25, 0.3) is 0 Å². The van der Waals surface area contributed by atoms with Crippen LogP contribution in [0.1, 0.15) is 0 Å². The van der Waals surface area contributed by atoms with Crippen molar-refractivity contribution in [2.75, 3.05) is 4.90 Å². The molecule has 3 nitrogen and oxygen atoms in total. The number of para-hydroxylation sites is 3. The van der Waals surface area contributed by atoms with E-state index in [0.717, 1.165) is 61.4 Å². The molecular weight excluding hydrogens is 741 g/mol. The van der Waals surface area contributed by atoms with Crippen LogP contribution in [0.4, 0.5) is 17.1 Å². The Morgan fingerprint density at radius 2 is 0.803 bits per heavy atom. The molecule has 0 aliphatic carbocycles. The Bertz CT molecular complexity index is 3540. The van der Waals surface area contributed by atoms with Crippen LogP contribution in [0.3, 0.4) is 0 Å². The van der Waals surface area contributed by atoms with Crippen molar-refractivity contribution in [1.29, 1.82) is 0 Å². The lowest BCUT2D eigenvalue weighted by Crippen LogP contribution is -2.09. The van der Waals surface area contributed by atoms with Gasteiger partial charge in [0.05, 0.1) is 11.0 Å². The van der Waals surface area contributed by atoms with Crippen LogP contribution in [0.15, 0.2) is 235 Å². The Hall–Kier alpha value is -8.14. The largest absolute Gasteiger partial charge is 0.456 e. The van der Waals surface area contributed by atoms with Crippen LogP contribution >= 0.6 is 0 Å². The summed E-state index contributed by atoms with van der Waals surface area (Å²) in [6, 6.07) is 82.9. The molecule has 0 spiro atoms. The lowest BCUT2D eigenvalue weighted by atomic mass is 9.97. The molecule has 12 aromatic rings. The molecular formula is C58H38N2O. The second kappa shape index (κ2) is 14.3. The highest BCUT2D eigenvalue weighted by Gasteiger charge is 2.17. The maximum atomic E-state index is 6.41. The first kappa shape index (κ1) is 34.9. The summed E-state index contributed by atoms with van der Waals surface area (Å²) in [7, 11) is 0. The molecule has 61 heavy (non-hydrogen) atoms. The van der Waals surface area contributed by atoms with Crippen molar-refractivity contribution < 1.29 is 4.42 Å². The van der Waals surface area contributed by atoms with Gasteiger partial charge in [0.2, 0.25) is 0 Å². The first-order chi connectivity index (χ1) is 30.2. The molecule has 0 amide bonds. The van der Waals surface area contributed by atoms with Crippen LogP contribution in [0.5, 0.6) is 0 Å². The van der Waals surface area contributed by atoms with Crippen LogP contribution in [0, 0.1) is 0 Å². The number of benzene rings is 10. The third-order valence-corrected chi connectivity index (χ3v) is 12.2. The Kier molecular flexibility index (Phi) is 8.17. The number of fused-ring (bicyclic) bond motifs is 7. The molecule has 0 fully saturated rings. The lowest BCUT2D eigenvalue weighted by molar-refractivity contribution is 0.669. The highest BCUT2D eigenvalue weighted by atomic mass is 16.3. The van der Waals surface area contributed by atoms with Crippen LogP contribution in [0.2, 0.25) is 0 Å². The molecule has 3 heteroatoms. The Balaban J connectivity index is 0.918. The van der Waals surface area contributed by atoms with Gasteiger partial charge in [-0.25, -0.2) is 0 Å². The molecule has 0 aliphatic heterocycles. The first-order valence-electron chi connectivity index (χ1n) is 20.8. The zero-order chi connectivity index (χ0) is 40.3. The van der Waals surface area contributed by atoms with Crippen molar-refractivity contribution in [2.45, 2.75) is 0 Å². The Morgan fingerprint density at radius 3 is 1.51 bits per heavy atom. The van der Waals surface area contributed by atoms with Crippen LogP contribution in [0.25, 0.3) is 93.6 Å². The number of hydrogen-bond donors (Lipinski definition) is 0. The quantitative estimate of drug-likeness (QED) is 0.161. The molecule has 12 rings (SSSR count). The predicted molar refractivity (Wildman–Crippen MR) is 257 cm³/mol. The molecule has 0 radical (unpaired) electrons. The number of nitrogens with zero attached hydrogens (tertiary/aromatic N) is 2. The molecule has 0 aliphatic rings. The molecule has 0 unspecified atom stereocenters. The van der Waals surface area contributed by atoms with Gasteiger partial charge in [-0.2, -0.15) is 0 Å². The van der Waals surface area contributed by atoms with Crippen LogP contribution in [-0.2, 0) is 0 Å². The average molecular weight is 779 g/mol. The fourth-order valence-corrected chi connectivity index (χ4v) is 9.18. The smallest absolute Gasteiger partial charge is 0.137 e. The predicted octanol–water partition coefficient (Wildman–Crippen LogP) is 16.3. The summed E-state index contributed by atoms with van der Waals surface area (Å²) in [4.78, 5) is 2.32. The molecule has 286 valence electrons. The SMILES string of the molecule is c1cc(-c2ccc(N(c3ccc(-c4cccc(-n5c6ccccc6c6ccccc65)c4)cc3)c3ccc4c(c3)oc3ccccc34)cc2)cc(-c2ccc3ccccc3c2)c1. The molecule has 2 aromatic heterocycles. The van der Waals surface area contributed by atoms with Gasteiger partial charge in [0, 0.05) is 50.4 Å². The van der Waals surface area contributed by atoms with Crippen LogP contribution in [-0.4, -0.2) is 4.57 Å². The van der Waals surface area contributed by atoms with E-state index < -0.39 is 0 Å². The van der Waals surface area contributed by atoms with Gasteiger partial charge in [-0.1, -0.05) is 146 Å². The first-order valence-corrected chi connectivity index (χ1v) is 20.8. The number of rotatable bonds is 7. The molecule has 10 aromatic carbocycles. The van der Waals surface area contributed by atoms with E-state index in [0.29, 0.717) is 0 Å². The summed E-state index contributed by atoms with van der Waals surface area (Å²) in [5.74, 6) is 0. The summed E-state index contributed by atoms with van der Waals surface area (Å²) in [6.07, 6.45) is 0. The van der Waals surface area contributed by atoms with E-state index >= 15 is 0 Å². The summed E-state index contributed by atoms with van der Waals surface area (Å²) >= 11 is 0. The fourth-order valence-electron chi connectivity index (χ4n) is 9.18. The van der Waals surface area contributed by atoms with E-state index in [1.165, 1.54) is 49.3 Å². The van der Waals surface area contributed by atoms with E-state index in [9.17, 15) is 0 Å². The Labute approximate surface area is 353 Å². The monoisotopic (exact) mass is 778 g/mol. The van der Waals surface area contributed by atoms with E-state index in [1.807, 2.05) is 12.1 Å². The lowest BCUT2D eigenvalue weighted by Gasteiger charge is -2.26. The number of aromatic nitrogens is 1. The van der Waals surface area contributed by atoms with E-state index in [4.69, 9.17) is 4.42 Å². The van der Waals surface area contributed by atoms with Gasteiger partial charge in [-0.15, -0.1) is 0 Å². The number of hydrogen-bond acceptors (Lipinski definition) is 2. The topological polar surface area (TPSA) is 21.3 Å². The molecule has 0 N–H and O–H groups in total. The second-order valence-corrected chi connectivity index (χ2v) is 15.8. The van der Waals surface area contributed by atoms with Gasteiger partial charge in [-0.05, 0) is 123 Å². The molecule has 0 saturated carbocycles. The van der Waals surface area contributed by atoms with Gasteiger partial charge in [-0.3, -0.25) is 0 Å². The molecule has 0 atom stereocenters. The Morgan fingerprint density at radius 1 is 0.295 bits per heavy atom. The zero-order valence-electron chi connectivity index (χ0n) is 33.2. The summed E-state index contributed by atoms with van der Waals surface area (Å²) < 4.78 is 8.78. The van der Waals surface area contributed by atoms with Crippen molar-refractivity contribution in [1.82, 2.24) is 4.57 Å². The number of anilines is 3.